The number of ether oxygens (including phenoxy) is 3. The Morgan fingerprint density at radius 3 is 2.72 bits per heavy atom. The van der Waals surface area contributed by atoms with Gasteiger partial charge in [0.05, 0.1) is 17.1 Å². The Labute approximate surface area is 207 Å². The summed E-state index contributed by atoms with van der Waals surface area (Å²) in [6.07, 6.45) is -6.60. The molecule has 1 unspecified atom stereocenters. The molecule has 11 heteroatoms. The maximum atomic E-state index is 12.3. The third-order valence-electron chi connectivity index (χ3n) is 9.00. The first-order valence-corrected chi connectivity index (χ1v) is 12.3. The summed E-state index contributed by atoms with van der Waals surface area (Å²) >= 11 is 0. The second kappa shape index (κ2) is 8.12. The summed E-state index contributed by atoms with van der Waals surface area (Å²) in [5, 5.41) is 63.2. The number of carboxylic acid groups (broad SMARTS) is 1. The number of nitrogens with zero attached hydrogens (tertiary/aromatic N) is 1. The lowest BCUT2D eigenvalue weighted by molar-refractivity contribution is -0.320. The van der Waals surface area contributed by atoms with Crippen molar-refractivity contribution < 1.29 is 49.6 Å². The van der Waals surface area contributed by atoms with E-state index in [4.69, 9.17) is 14.2 Å². The number of likely N-dealkylation sites (tertiary alicyclic amines) is 1. The van der Waals surface area contributed by atoms with E-state index in [1.165, 1.54) is 0 Å². The fourth-order valence-corrected chi connectivity index (χ4v) is 7.45. The maximum Gasteiger partial charge on any atom is 0.335 e. The molecule has 3 heterocycles. The number of phenolic OH excluding ortho intramolecular Hbond substituents is 1. The molecule has 2 aliphatic carbocycles. The zero-order chi connectivity index (χ0) is 25.6. The molecule has 11 nitrogen and oxygen atoms in total. The molecule has 2 bridgehead atoms. The quantitative estimate of drug-likeness (QED) is 0.272. The number of benzene rings is 1. The van der Waals surface area contributed by atoms with Gasteiger partial charge in [0.15, 0.2) is 23.9 Å². The van der Waals surface area contributed by atoms with Crippen molar-refractivity contribution in [2.75, 3.05) is 13.1 Å². The lowest BCUT2D eigenvalue weighted by Crippen LogP contribution is -2.77. The van der Waals surface area contributed by atoms with Gasteiger partial charge < -0.3 is 44.8 Å². The lowest BCUT2D eigenvalue weighted by atomic mass is 9.48. The number of carbonyl (C=O) groups is 1. The van der Waals surface area contributed by atoms with Crippen LogP contribution in [0.3, 0.4) is 0 Å². The zero-order valence-corrected chi connectivity index (χ0v) is 19.6. The molecule has 1 aromatic carbocycles. The van der Waals surface area contributed by atoms with E-state index >= 15 is 0 Å². The van der Waals surface area contributed by atoms with E-state index in [0.717, 1.165) is 11.1 Å². The molecule has 6 N–H and O–H groups in total. The minimum Gasteiger partial charge on any atom is -0.504 e. The van der Waals surface area contributed by atoms with Crippen molar-refractivity contribution in [3.8, 4) is 11.5 Å². The van der Waals surface area contributed by atoms with Crippen LogP contribution < -0.4 is 4.74 Å². The SMILES string of the molecule is C=CCN1CC[C@]23c4c5ccc(O)c4O[C@H]2C(O[C@@H]2O[C@H](C(=O)O)[C@@H](O)[C@H](O)[C@H]2O)CC[C@@]3(O)[C@H]1C5. The van der Waals surface area contributed by atoms with Gasteiger partial charge in [-0.15, -0.1) is 6.58 Å². The number of aliphatic hydroxyl groups excluding tert-OH is 3. The summed E-state index contributed by atoms with van der Waals surface area (Å²) in [5.74, 6) is -1.22. The molecule has 0 amide bonds. The largest absolute Gasteiger partial charge is 0.504 e. The van der Waals surface area contributed by atoms with E-state index in [1.807, 2.05) is 12.1 Å². The summed E-state index contributed by atoms with van der Waals surface area (Å²) in [6.45, 7) is 5.14. The highest BCUT2D eigenvalue weighted by Crippen LogP contribution is 2.65. The molecule has 0 aromatic heterocycles. The topological polar surface area (TPSA) is 169 Å². The van der Waals surface area contributed by atoms with E-state index in [9.17, 15) is 35.4 Å². The van der Waals surface area contributed by atoms with Crippen LogP contribution in [0.4, 0.5) is 0 Å². The minimum atomic E-state index is -1.83. The molecule has 10 atom stereocenters. The summed E-state index contributed by atoms with van der Waals surface area (Å²) < 4.78 is 17.8. The molecular weight excluding hydrogens is 474 g/mol. The first-order valence-electron chi connectivity index (χ1n) is 12.3. The monoisotopic (exact) mass is 505 g/mol. The van der Waals surface area contributed by atoms with Crippen molar-refractivity contribution >= 4 is 5.97 Å². The van der Waals surface area contributed by atoms with Gasteiger partial charge >= 0.3 is 5.97 Å². The first kappa shape index (κ1) is 24.1. The Hall–Kier alpha value is -2.25. The van der Waals surface area contributed by atoms with E-state index in [1.54, 1.807) is 6.07 Å². The van der Waals surface area contributed by atoms with Gasteiger partial charge in [-0.3, -0.25) is 4.90 Å². The van der Waals surface area contributed by atoms with Gasteiger partial charge in [-0.1, -0.05) is 12.1 Å². The van der Waals surface area contributed by atoms with Gasteiger partial charge in [0.25, 0.3) is 0 Å². The highest BCUT2D eigenvalue weighted by Gasteiger charge is 2.73. The Morgan fingerprint density at radius 1 is 1.22 bits per heavy atom. The zero-order valence-electron chi connectivity index (χ0n) is 19.6. The van der Waals surface area contributed by atoms with Crippen LogP contribution in [0.25, 0.3) is 0 Å². The van der Waals surface area contributed by atoms with Crippen molar-refractivity contribution in [1.29, 1.82) is 0 Å². The molecule has 0 radical (unpaired) electrons. The van der Waals surface area contributed by atoms with Crippen molar-refractivity contribution in [2.24, 2.45) is 0 Å². The van der Waals surface area contributed by atoms with Crippen LogP contribution in [0.5, 0.6) is 11.5 Å². The van der Waals surface area contributed by atoms with Crippen molar-refractivity contribution in [2.45, 2.75) is 85.7 Å². The summed E-state index contributed by atoms with van der Waals surface area (Å²) in [7, 11) is 0. The van der Waals surface area contributed by atoms with Crippen molar-refractivity contribution in [3.63, 3.8) is 0 Å². The number of hydrogen-bond donors (Lipinski definition) is 6. The second-order valence-corrected chi connectivity index (χ2v) is 10.6. The van der Waals surface area contributed by atoms with Gasteiger partial charge in [-0.2, -0.15) is 0 Å². The fourth-order valence-electron chi connectivity index (χ4n) is 7.45. The van der Waals surface area contributed by atoms with Crippen LogP contribution in [-0.2, 0) is 26.1 Å². The third kappa shape index (κ3) is 2.96. The van der Waals surface area contributed by atoms with E-state index in [-0.39, 0.29) is 11.8 Å². The van der Waals surface area contributed by atoms with Crippen molar-refractivity contribution in [3.05, 3.63) is 35.9 Å². The minimum absolute atomic E-state index is 0.0379. The number of aliphatic carboxylic acids is 1. The Balaban J connectivity index is 1.39. The lowest BCUT2D eigenvalue weighted by Gasteiger charge is -2.64. The van der Waals surface area contributed by atoms with E-state index in [0.29, 0.717) is 44.5 Å². The molecule has 3 aliphatic heterocycles. The summed E-state index contributed by atoms with van der Waals surface area (Å²) in [4.78, 5) is 13.8. The molecule has 1 saturated carbocycles. The number of aliphatic hydroxyl groups is 4. The average Bonchev–Trinajstić information content (AvgIpc) is 3.20. The van der Waals surface area contributed by atoms with Gasteiger partial charge in [-0.05, 0) is 43.9 Å². The second-order valence-electron chi connectivity index (χ2n) is 10.6. The fraction of sp³-hybridized carbons (Fsp3) is 0.640. The number of rotatable bonds is 5. The van der Waals surface area contributed by atoms with Gasteiger partial charge in [0.1, 0.15) is 24.4 Å². The molecule has 6 rings (SSSR count). The van der Waals surface area contributed by atoms with Crippen molar-refractivity contribution in [1.82, 2.24) is 4.90 Å². The van der Waals surface area contributed by atoms with E-state index in [2.05, 4.69) is 11.5 Å². The predicted molar refractivity (Wildman–Crippen MR) is 121 cm³/mol. The molecular formula is C25H31NO10. The molecule has 5 aliphatic rings. The molecule has 3 fully saturated rings. The highest BCUT2D eigenvalue weighted by atomic mass is 16.7. The van der Waals surface area contributed by atoms with E-state index < -0.39 is 59.9 Å². The van der Waals surface area contributed by atoms with Gasteiger partial charge in [-0.25, -0.2) is 4.79 Å². The first-order chi connectivity index (χ1) is 17.1. The number of carboxylic acids is 1. The van der Waals surface area contributed by atoms with Crippen LogP contribution in [0.1, 0.15) is 30.4 Å². The maximum absolute atomic E-state index is 12.3. The standard InChI is InChI=1S/C25H31NO10/c1-2-8-26-9-7-24-15-11-3-4-12(27)19(15)35-21(24)13(5-6-25(24,33)14(26)10-11)34-23-18(30)16(28)17(29)20(36-23)22(31)32/h2-4,13-14,16-18,20-21,23,27-30,33H,1,5-10H2,(H,31,32)/t13?,14-,16+,17+,18-,20+,21+,23-,24+,25-/m1/s1. The molecule has 36 heavy (non-hydrogen) atoms. The Morgan fingerprint density at radius 2 is 2.00 bits per heavy atom. The predicted octanol–water partition coefficient (Wildman–Crippen LogP) is -0.990. The molecule has 2 saturated heterocycles. The molecule has 1 spiro atoms. The van der Waals surface area contributed by atoms with Crippen LogP contribution in [0.2, 0.25) is 0 Å². The third-order valence-corrected chi connectivity index (χ3v) is 9.00. The number of aromatic hydroxyl groups is 1. The smallest absolute Gasteiger partial charge is 0.335 e. The van der Waals surface area contributed by atoms with Crippen LogP contribution in [0, 0.1) is 0 Å². The van der Waals surface area contributed by atoms with Gasteiger partial charge in [0.2, 0.25) is 0 Å². The molecule has 196 valence electrons. The number of hydrogen-bond acceptors (Lipinski definition) is 10. The number of piperidine rings is 1. The average molecular weight is 506 g/mol. The Kier molecular flexibility index (Phi) is 5.44. The summed E-state index contributed by atoms with van der Waals surface area (Å²) in [6, 6.07) is 3.24. The molecule has 1 aromatic rings. The summed E-state index contributed by atoms with van der Waals surface area (Å²) in [5.41, 5.74) is -0.324. The van der Waals surface area contributed by atoms with Crippen LogP contribution >= 0.6 is 0 Å². The van der Waals surface area contributed by atoms with Crippen LogP contribution in [0.15, 0.2) is 24.8 Å². The highest BCUT2D eigenvalue weighted by molar-refractivity contribution is 5.73. The normalized spacial score (nSPS) is 45.0. The van der Waals surface area contributed by atoms with Crippen LogP contribution in [-0.4, -0.2) is 109 Å². The van der Waals surface area contributed by atoms with Gasteiger partial charge in [0, 0.05) is 18.2 Å². The Bertz CT molecular complexity index is 1100. The number of phenols is 1.